The Labute approximate surface area is 100 Å². The van der Waals surface area contributed by atoms with Gasteiger partial charge in [0, 0.05) is 14.1 Å². The fraction of sp³-hybridized carbons (Fsp3) is 0.250. The summed E-state index contributed by atoms with van der Waals surface area (Å²) in [6.07, 6.45) is 1.74. The second kappa shape index (κ2) is 5.61. The lowest BCUT2D eigenvalue weighted by Gasteiger charge is -2.12. The third-order valence-electron chi connectivity index (χ3n) is 1.99. The van der Waals surface area contributed by atoms with Gasteiger partial charge in [-0.25, -0.2) is 0 Å². The zero-order valence-corrected chi connectivity index (χ0v) is 10.5. The maximum atomic E-state index is 11.5. The van der Waals surface area contributed by atoms with E-state index in [9.17, 15) is 4.79 Å². The van der Waals surface area contributed by atoms with Crippen LogP contribution in [0.5, 0.6) is 5.75 Å². The topological polar surface area (TPSA) is 29.5 Å². The number of rotatable bonds is 3. The van der Waals surface area contributed by atoms with E-state index in [2.05, 4.69) is 6.58 Å². The molecule has 0 unspecified atom stereocenters. The molecule has 1 amide bonds. The maximum absolute atomic E-state index is 11.5. The minimum absolute atomic E-state index is 0.0235. The molecular weight excluding hydrogens is 222 g/mol. The number of ether oxygens (including phenoxy) is 1. The van der Waals surface area contributed by atoms with Gasteiger partial charge in [-0.15, -0.1) is 0 Å². The van der Waals surface area contributed by atoms with Gasteiger partial charge in [-0.2, -0.15) is 0 Å². The van der Waals surface area contributed by atoms with Crippen LogP contribution in [0.2, 0.25) is 0 Å². The number of amides is 1. The van der Waals surface area contributed by atoms with Crippen molar-refractivity contribution in [2.75, 3.05) is 21.2 Å². The summed E-state index contributed by atoms with van der Waals surface area (Å²) in [5.41, 5.74) is 0.971. The zero-order valence-electron chi connectivity index (χ0n) is 9.69. The van der Waals surface area contributed by atoms with Crippen LogP contribution in [0.4, 0.5) is 4.79 Å². The average Bonchev–Trinajstić information content (AvgIpc) is 2.29. The van der Waals surface area contributed by atoms with E-state index in [4.69, 9.17) is 4.74 Å². The van der Waals surface area contributed by atoms with Gasteiger partial charge in [0.25, 0.3) is 5.24 Å². The van der Waals surface area contributed by atoms with Crippen LogP contribution in [-0.2, 0) is 0 Å². The van der Waals surface area contributed by atoms with Crippen molar-refractivity contribution in [3.8, 4) is 5.75 Å². The van der Waals surface area contributed by atoms with Crippen molar-refractivity contribution in [3.05, 3.63) is 30.3 Å². The SMILES string of the molecule is C=Cc1ccc(SC(=O)N(C)C)c(OC)c1. The smallest absolute Gasteiger partial charge is 0.286 e. The van der Waals surface area contributed by atoms with Crippen LogP contribution in [-0.4, -0.2) is 31.3 Å². The highest BCUT2D eigenvalue weighted by Gasteiger charge is 2.11. The summed E-state index contributed by atoms with van der Waals surface area (Å²) in [5.74, 6) is 0.692. The Morgan fingerprint density at radius 2 is 2.19 bits per heavy atom. The van der Waals surface area contributed by atoms with Crippen LogP contribution in [0.15, 0.2) is 29.7 Å². The third-order valence-corrected chi connectivity index (χ3v) is 3.08. The van der Waals surface area contributed by atoms with E-state index in [0.717, 1.165) is 22.2 Å². The highest BCUT2D eigenvalue weighted by Crippen LogP contribution is 2.31. The minimum atomic E-state index is -0.0235. The molecule has 0 heterocycles. The van der Waals surface area contributed by atoms with Crippen molar-refractivity contribution < 1.29 is 9.53 Å². The van der Waals surface area contributed by atoms with Gasteiger partial charge < -0.3 is 9.64 Å². The van der Waals surface area contributed by atoms with Crippen LogP contribution < -0.4 is 4.74 Å². The molecular formula is C12H15NO2S. The summed E-state index contributed by atoms with van der Waals surface area (Å²) in [6, 6.07) is 5.63. The Hall–Kier alpha value is -1.42. The summed E-state index contributed by atoms with van der Waals surface area (Å²) >= 11 is 1.15. The molecule has 3 nitrogen and oxygen atoms in total. The lowest BCUT2D eigenvalue weighted by molar-refractivity contribution is 0.241. The van der Waals surface area contributed by atoms with Crippen LogP contribution in [0.25, 0.3) is 6.08 Å². The van der Waals surface area contributed by atoms with E-state index in [1.165, 1.54) is 4.90 Å². The molecule has 0 aliphatic heterocycles. The van der Waals surface area contributed by atoms with Gasteiger partial charge in [-0.3, -0.25) is 4.79 Å². The molecule has 1 aromatic rings. The fourth-order valence-electron chi connectivity index (χ4n) is 1.08. The van der Waals surface area contributed by atoms with Gasteiger partial charge in [0.05, 0.1) is 12.0 Å². The largest absolute Gasteiger partial charge is 0.496 e. The monoisotopic (exact) mass is 237 g/mol. The molecule has 0 atom stereocenters. The molecule has 4 heteroatoms. The van der Waals surface area contributed by atoms with E-state index in [0.29, 0.717) is 5.75 Å². The molecule has 0 fully saturated rings. The predicted octanol–water partition coefficient (Wildman–Crippen LogP) is 3.11. The van der Waals surface area contributed by atoms with Gasteiger partial charge >= 0.3 is 0 Å². The minimum Gasteiger partial charge on any atom is -0.496 e. The van der Waals surface area contributed by atoms with E-state index in [1.54, 1.807) is 27.3 Å². The Morgan fingerprint density at radius 3 is 2.69 bits per heavy atom. The summed E-state index contributed by atoms with van der Waals surface area (Å²) in [5, 5.41) is -0.0235. The summed E-state index contributed by atoms with van der Waals surface area (Å²) in [7, 11) is 5.03. The highest BCUT2D eigenvalue weighted by molar-refractivity contribution is 8.13. The van der Waals surface area contributed by atoms with E-state index >= 15 is 0 Å². The average molecular weight is 237 g/mol. The number of nitrogens with zero attached hydrogens (tertiary/aromatic N) is 1. The number of carbonyl (C=O) groups is 1. The zero-order chi connectivity index (χ0) is 12.1. The molecule has 16 heavy (non-hydrogen) atoms. The molecule has 0 N–H and O–H groups in total. The molecule has 1 aromatic carbocycles. The van der Waals surface area contributed by atoms with Crippen molar-refractivity contribution >= 4 is 23.1 Å². The first kappa shape index (κ1) is 12.6. The molecule has 0 spiro atoms. The lowest BCUT2D eigenvalue weighted by atomic mass is 10.2. The van der Waals surface area contributed by atoms with Crippen LogP contribution in [0.3, 0.4) is 0 Å². The number of benzene rings is 1. The van der Waals surface area contributed by atoms with E-state index in [1.807, 2.05) is 18.2 Å². The van der Waals surface area contributed by atoms with E-state index < -0.39 is 0 Å². The first-order valence-electron chi connectivity index (χ1n) is 4.78. The van der Waals surface area contributed by atoms with Gasteiger partial charge in [0.15, 0.2) is 0 Å². The summed E-state index contributed by atoms with van der Waals surface area (Å²) in [6.45, 7) is 3.69. The van der Waals surface area contributed by atoms with E-state index in [-0.39, 0.29) is 5.24 Å². The molecule has 0 saturated carbocycles. The summed E-state index contributed by atoms with van der Waals surface area (Å²) < 4.78 is 5.23. The maximum Gasteiger partial charge on any atom is 0.286 e. The Balaban J connectivity index is 2.95. The normalized spacial score (nSPS) is 9.69. The van der Waals surface area contributed by atoms with Crippen molar-refractivity contribution in [2.24, 2.45) is 0 Å². The Kier molecular flexibility index (Phi) is 4.43. The molecule has 0 bridgehead atoms. The first-order chi connectivity index (χ1) is 7.58. The van der Waals surface area contributed by atoms with Crippen molar-refractivity contribution in [1.82, 2.24) is 4.90 Å². The molecule has 1 rings (SSSR count). The summed E-state index contributed by atoms with van der Waals surface area (Å²) in [4.78, 5) is 13.9. The fourth-order valence-corrected chi connectivity index (χ4v) is 1.83. The Bertz CT molecular complexity index is 402. The van der Waals surface area contributed by atoms with Crippen LogP contribution >= 0.6 is 11.8 Å². The molecule has 86 valence electrons. The number of methoxy groups -OCH3 is 1. The number of hydrogen-bond donors (Lipinski definition) is 0. The van der Waals surface area contributed by atoms with Crippen molar-refractivity contribution in [1.29, 1.82) is 0 Å². The highest BCUT2D eigenvalue weighted by atomic mass is 32.2. The quantitative estimate of drug-likeness (QED) is 0.756. The second-order valence-corrected chi connectivity index (χ2v) is 4.37. The molecule has 0 saturated heterocycles. The first-order valence-corrected chi connectivity index (χ1v) is 5.59. The van der Waals surface area contributed by atoms with Gasteiger partial charge in [0.2, 0.25) is 0 Å². The van der Waals surface area contributed by atoms with Gasteiger partial charge in [0.1, 0.15) is 5.75 Å². The van der Waals surface area contributed by atoms with Gasteiger partial charge in [-0.05, 0) is 29.5 Å². The van der Waals surface area contributed by atoms with Crippen LogP contribution in [0.1, 0.15) is 5.56 Å². The standard InChI is InChI=1S/C12H15NO2S/c1-5-9-6-7-11(10(8-9)15-4)16-12(14)13(2)3/h5-8H,1H2,2-4H3. The van der Waals surface area contributed by atoms with Crippen molar-refractivity contribution in [2.45, 2.75) is 4.90 Å². The van der Waals surface area contributed by atoms with Gasteiger partial charge in [-0.1, -0.05) is 18.7 Å². The molecule has 0 radical (unpaired) electrons. The predicted molar refractivity (Wildman–Crippen MR) is 68.0 cm³/mol. The van der Waals surface area contributed by atoms with Crippen LogP contribution in [0, 0.1) is 0 Å². The number of thioether (sulfide) groups is 1. The lowest BCUT2D eigenvalue weighted by Crippen LogP contribution is -2.16. The molecule has 0 aliphatic rings. The molecule has 0 aliphatic carbocycles. The number of carbonyl (C=O) groups excluding carboxylic acids is 1. The second-order valence-electron chi connectivity index (χ2n) is 3.38. The Morgan fingerprint density at radius 1 is 1.50 bits per heavy atom. The third kappa shape index (κ3) is 3.03. The molecule has 0 aromatic heterocycles. The number of hydrogen-bond acceptors (Lipinski definition) is 3. The van der Waals surface area contributed by atoms with Crippen molar-refractivity contribution in [3.63, 3.8) is 0 Å².